The smallest absolute Gasteiger partial charge is 0.493 e. The molecule has 0 amide bonds. The Morgan fingerprint density at radius 2 is 1.81 bits per heavy atom. The zero-order valence-corrected chi connectivity index (χ0v) is 16.1. The molecular weight excluding hydrogens is 419 g/mol. The summed E-state index contributed by atoms with van der Waals surface area (Å²) in [6.07, 6.45) is -2.19. The number of methoxy groups -OCH3 is 2. The maximum Gasteiger partial charge on any atom is 0.573 e. The minimum Gasteiger partial charge on any atom is -0.493 e. The highest BCUT2D eigenvalue weighted by Crippen LogP contribution is 2.35. The first-order chi connectivity index (χ1) is 14.9. The van der Waals surface area contributed by atoms with Crippen LogP contribution >= 0.6 is 0 Å². The van der Waals surface area contributed by atoms with E-state index < -0.39 is 12.1 Å². The van der Waals surface area contributed by atoms with Crippen LogP contribution in [-0.2, 0) is 0 Å². The summed E-state index contributed by atoms with van der Waals surface area (Å²) >= 11 is 0. The van der Waals surface area contributed by atoms with E-state index in [0.717, 1.165) is 12.1 Å². The van der Waals surface area contributed by atoms with Crippen molar-refractivity contribution in [3.8, 4) is 45.8 Å². The van der Waals surface area contributed by atoms with Gasteiger partial charge in [-0.05, 0) is 36.4 Å². The predicted octanol–water partition coefficient (Wildman–Crippen LogP) is 3.90. The normalized spacial score (nSPS) is 11.4. The molecule has 2 aromatic carbocycles. The quantitative estimate of drug-likeness (QED) is 0.452. The van der Waals surface area contributed by atoms with Crippen molar-refractivity contribution in [2.45, 2.75) is 6.36 Å². The monoisotopic (exact) mass is 433 g/mol. The van der Waals surface area contributed by atoms with Crippen molar-refractivity contribution in [2.24, 2.45) is 0 Å². The van der Waals surface area contributed by atoms with Gasteiger partial charge in [-0.15, -0.1) is 13.2 Å². The largest absolute Gasteiger partial charge is 0.573 e. The second-order valence-electron chi connectivity index (χ2n) is 6.06. The van der Waals surface area contributed by atoms with E-state index in [2.05, 4.69) is 25.0 Å². The number of halogens is 3. The van der Waals surface area contributed by atoms with Gasteiger partial charge in [-0.1, -0.05) is 5.16 Å². The summed E-state index contributed by atoms with van der Waals surface area (Å²) in [5.74, 6) is 0.679. The van der Waals surface area contributed by atoms with Gasteiger partial charge in [0.25, 0.3) is 5.89 Å². The molecule has 4 aromatic rings. The van der Waals surface area contributed by atoms with Crippen LogP contribution in [0.5, 0.6) is 17.2 Å². The molecule has 31 heavy (non-hydrogen) atoms. The van der Waals surface area contributed by atoms with Crippen LogP contribution in [-0.4, -0.2) is 45.5 Å². The summed E-state index contributed by atoms with van der Waals surface area (Å²) in [6, 6.07) is 8.68. The van der Waals surface area contributed by atoms with Crippen molar-refractivity contribution < 1.29 is 31.9 Å². The predicted molar refractivity (Wildman–Crippen MR) is 99.9 cm³/mol. The molecule has 0 N–H and O–H groups in total. The molecule has 2 aromatic heterocycles. The van der Waals surface area contributed by atoms with E-state index in [-0.39, 0.29) is 17.3 Å². The Bertz CT molecular complexity index is 1190. The van der Waals surface area contributed by atoms with E-state index in [4.69, 9.17) is 14.0 Å². The number of rotatable bonds is 6. The average molecular weight is 433 g/mol. The lowest BCUT2D eigenvalue weighted by atomic mass is 10.1. The molecule has 9 nitrogen and oxygen atoms in total. The van der Waals surface area contributed by atoms with Crippen molar-refractivity contribution in [2.75, 3.05) is 14.2 Å². The lowest BCUT2D eigenvalue weighted by molar-refractivity contribution is -0.274. The van der Waals surface area contributed by atoms with Crippen LogP contribution in [0, 0.1) is 0 Å². The Labute approximate surface area is 173 Å². The summed E-state index contributed by atoms with van der Waals surface area (Å²) in [7, 11) is 2.99. The fourth-order valence-corrected chi connectivity index (χ4v) is 2.84. The SMILES string of the molecule is COc1ccc(-c2noc(-c3cc(OC(F)(F)F)ccc3-n3cncn3)n2)cc1OC. The van der Waals surface area contributed by atoms with E-state index >= 15 is 0 Å². The van der Waals surface area contributed by atoms with Crippen molar-refractivity contribution in [1.29, 1.82) is 0 Å². The van der Waals surface area contributed by atoms with E-state index in [1.165, 1.54) is 37.6 Å². The Kier molecular flexibility index (Phi) is 5.19. The Morgan fingerprint density at radius 1 is 1.00 bits per heavy atom. The zero-order valence-electron chi connectivity index (χ0n) is 16.1. The summed E-state index contributed by atoms with van der Waals surface area (Å²) in [5, 5.41) is 7.94. The number of aromatic nitrogens is 5. The van der Waals surface area contributed by atoms with Crippen LogP contribution in [0.4, 0.5) is 13.2 Å². The maximum atomic E-state index is 12.7. The van der Waals surface area contributed by atoms with Crippen LogP contribution in [0.3, 0.4) is 0 Å². The maximum absolute atomic E-state index is 12.7. The highest BCUT2D eigenvalue weighted by atomic mass is 19.4. The van der Waals surface area contributed by atoms with Crippen molar-refractivity contribution >= 4 is 0 Å². The van der Waals surface area contributed by atoms with E-state index in [0.29, 0.717) is 22.7 Å². The van der Waals surface area contributed by atoms with Gasteiger partial charge < -0.3 is 18.7 Å². The average Bonchev–Trinajstić information content (AvgIpc) is 3.44. The van der Waals surface area contributed by atoms with Crippen LogP contribution in [0.15, 0.2) is 53.6 Å². The summed E-state index contributed by atoms with van der Waals surface area (Å²) in [4.78, 5) is 8.17. The second-order valence-corrected chi connectivity index (χ2v) is 6.06. The van der Waals surface area contributed by atoms with Gasteiger partial charge in [0.05, 0.1) is 25.5 Å². The van der Waals surface area contributed by atoms with Gasteiger partial charge >= 0.3 is 6.36 Å². The third-order valence-corrected chi connectivity index (χ3v) is 4.17. The molecule has 0 unspecified atom stereocenters. The molecule has 0 radical (unpaired) electrons. The molecule has 0 aliphatic carbocycles. The molecule has 0 fully saturated rings. The number of nitrogens with zero attached hydrogens (tertiary/aromatic N) is 5. The third kappa shape index (κ3) is 4.27. The Morgan fingerprint density at radius 3 is 2.48 bits per heavy atom. The highest BCUT2D eigenvalue weighted by Gasteiger charge is 2.31. The molecule has 0 aliphatic rings. The highest BCUT2D eigenvalue weighted by molar-refractivity contribution is 5.70. The van der Waals surface area contributed by atoms with Gasteiger partial charge in [0, 0.05) is 5.56 Å². The molecule has 0 atom stereocenters. The van der Waals surface area contributed by atoms with E-state index in [1.54, 1.807) is 18.2 Å². The standard InChI is InChI=1S/C19H14F3N5O4/c1-28-15-6-3-11(7-16(15)29-2)17-25-18(31-26-17)13-8-12(30-19(20,21)22)4-5-14(13)27-10-23-9-24-27/h3-10H,1-2H3. The minimum atomic E-state index is -4.86. The van der Waals surface area contributed by atoms with Gasteiger partial charge in [-0.2, -0.15) is 10.1 Å². The van der Waals surface area contributed by atoms with E-state index in [1.807, 2.05) is 0 Å². The minimum absolute atomic E-state index is 0.0390. The molecule has 0 aliphatic heterocycles. The molecular formula is C19H14F3N5O4. The van der Waals surface area contributed by atoms with Crippen molar-refractivity contribution in [1.82, 2.24) is 24.9 Å². The topological polar surface area (TPSA) is 97.3 Å². The van der Waals surface area contributed by atoms with Crippen molar-refractivity contribution in [3.05, 3.63) is 49.1 Å². The fourth-order valence-electron chi connectivity index (χ4n) is 2.84. The molecule has 2 heterocycles. The molecule has 4 rings (SSSR count). The van der Waals surface area contributed by atoms with Gasteiger partial charge in [0.15, 0.2) is 11.5 Å². The molecule has 0 spiro atoms. The fraction of sp³-hybridized carbons (Fsp3) is 0.158. The molecule has 0 saturated heterocycles. The van der Waals surface area contributed by atoms with Crippen LogP contribution in [0.1, 0.15) is 0 Å². The second kappa shape index (κ2) is 7.97. The number of benzene rings is 2. The third-order valence-electron chi connectivity index (χ3n) is 4.17. The first kappa shape index (κ1) is 20.2. The Balaban J connectivity index is 1.77. The van der Waals surface area contributed by atoms with Gasteiger partial charge in [0.1, 0.15) is 18.4 Å². The molecule has 0 saturated carbocycles. The number of hydrogen-bond donors (Lipinski definition) is 0. The lowest BCUT2D eigenvalue weighted by Gasteiger charge is -2.11. The van der Waals surface area contributed by atoms with Gasteiger partial charge in [-0.3, -0.25) is 0 Å². The first-order valence-corrected chi connectivity index (χ1v) is 8.69. The molecule has 12 heteroatoms. The van der Waals surface area contributed by atoms with Gasteiger partial charge in [-0.25, -0.2) is 9.67 Å². The van der Waals surface area contributed by atoms with E-state index in [9.17, 15) is 13.2 Å². The number of alkyl halides is 3. The lowest BCUT2D eigenvalue weighted by Crippen LogP contribution is -2.17. The molecule has 160 valence electrons. The summed E-state index contributed by atoms with van der Waals surface area (Å²) in [5.41, 5.74) is 1.10. The molecule has 0 bridgehead atoms. The summed E-state index contributed by atoms with van der Waals surface area (Å²) < 4.78 is 59.2. The number of ether oxygens (including phenoxy) is 3. The van der Waals surface area contributed by atoms with Crippen LogP contribution in [0.25, 0.3) is 28.5 Å². The zero-order chi connectivity index (χ0) is 22.0. The van der Waals surface area contributed by atoms with Crippen LogP contribution in [0.2, 0.25) is 0 Å². The summed E-state index contributed by atoms with van der Waals surface area (Å²) in [6.45, 7) is 0. The number of hydrogen-bond acceptors (Lipinski definition) is 8. The van der Waals surface area contributed by atoms with Crippen molar-refractivity contribution in [3.63, 3.8) is 0 Å². The van der Waals surface area contributed by atoms with Gasteiger partial charge in [0.2, 0.25) is 5.82 Å². The Hall–Kier alpha value is -4.09. The van der Waals surface area contributed by atoms with Crippen LogP contribution < -0.4 is 14.2 Å². The first-order valence-electron chi connectivity index (χ1n) is 8.69.